The van der Waals surface area contributed by atoms with E-state index in [1.165, 1.54) is 30.9 Å². The summed E-state index contributed by atoms with van der Waals surface area (Å²) in [7, 11) is 1.43. The predicted molar refractivity (Wildman–Crippen MR) is 123 cm³/mol. The number of ether oxygens (including phenoxy) is 2. The van der Waals surface area contributed by atoms with Crippen LogP contribution in [-0.4, -0.2) is 34.3 Å². The average molecular weight is 439 g/mol. The number of methoxy groups -OCH3 is 1. The van der Waals surface area contributed by atoms with Crippen molar-refractivity contribution in [2.24, 2.45) is 0 Å². The Hall–Kier alpha value is -3.25. The molecular formula is C26H30O6. The zero-order valence-electron chi connectivity index (χ0n) is 18.9. The number of rotatable bonds is 7. The van der Waals surface area contributed by atoms with Crippen molar-refractivity contribution >= 4 is 5.78 Å². The molecule has 0 radical (unpaired) electrons. The Morgan fingerprint density at radius 3 is 2.44 bits per heavy atom. The highest BCUT2D eigenvalue weighted by Crippen LogP contribution is 2.45. The Balaban J connectivity index is 1.92. The fraction of sp³-hybridized carbons (Fsp3) is 0.346. The zero-order valence-corrected chi connectivity index (χ0v) is 18.9. The van der Waals surface area contributed by atoms with Gasteiger partial charge in [-0.2, -0.15) is 0 Å². The number of phenolic OH excluding ortho intramolecular Hbond substituents is 2. The number of hydrogen-bond acceptors (Lipinski definition) is 6. The first-order valence-electron chi connectivity index (χ1n) is 10.6. The molecule has 2 aromatic carbocycles. The highest BCUT2D eigenvalue weighted by molar-refractivity contribution is 6.06. The first kappa shape index (κ1) is 23.4. The third kappa shape index (κ3) is 4.97. The number of phenols is 2. The maximum Gasteiger partial charge on any atom is 0.202 e. The number of ketones is 1. The van der Waals surface area contributed by atoms with Crippen molar-refractivity contribution in [3.05, 3.63) is 70.3 Å². The van der Waals surface area contributed by atoms with Crippen LogP contribution in [0.5, 0.6) is 23.0 Å². The van der Waals surface area contributed by atoms with Crippen molar-refractivity contribution in [3.63, 3.8) is 0 Å². The lowest BCUT2D eigenvalue weighted by Gasteiger charge is -2.31. The number of allylic oxidation sites excluding steroid dienone is 4. The number of Topliss-reactive ketones (excluding diaryl/α,β-unsaturated/α-hetero) is 1. The van der Waals surface area contributed by atoms with Crippen LogP contribution in [-0.2, 0) is 6.42 Å². The van der Waals surface area contributed by atoms with E-state index in [1.54, 1.807) is 12.1 Å². The van der Waals surface area contributed by atoms with E-state index in [0.29, 0.717) is 17.5 Å². The highest BCUT2D eigenvalue weighted by atomic mass is 16.5. The van der Waals surface area contributed by atoms with Crippen molar-refractivity contribution in [1.82, 2.24) is 0 Å². The van der Waals surface area contributed by atoms with Crippen LogP contribution in [0.1, 0.15) is 61.2 Å². The van der Waals surface area contributed by atoms with Gasteiger partial charge >= 0.3 is 0 Å². The molecule has 0 unspecified atom stereocenters. The van der Waals surface area contributed by atoms with Crippen molar-refractivity contribution in [1.29, 1.82) is 0 Å². The summed E-state index contributed by atoms with van der Waals surface area (Å²) in [6.07, 6.45) is 4.00. The minimum Gasteiger partial charge on any atom is -0.508 e. The van der Waals surface area contributed by atoms with E-state index in [2.05, 4.69) is 19.9 Å². The molecule has 2 aromatic rings. The van der Waals surface area contributed by atoms with E-state index >= 15 is 0 Å². The molecule has 3 rings (SSSR count). The van der Waals surface area contributed by atoms with Gasteiger partial charge in [0.05, 0.1) is 7.11 Å². The van der Waals surface area contributed by atoms with Crippen molar-refractivity contribution in [2.45, 2.75) is 52.2 Å². The molecule has 1 aliphatic heterocycles. The molecule has 0 saturated carbocycles. The number of hydrogen-bond donors (Lipinski definition) is 3. The van der Waals surface area contributed by atoms with Gasteiger partial charge in [0.15, 0.2) is 12.2 Å². The van der Waals surface area contributed by atoms with Gasteiger partial charge < -0.3 is 24.8 Å². The number of fused-ring (bicyclic) bond motifs is 1. The lowest BCUT2D eigenvalue weighted by Crippen LogP contribution is -2.36. The van der Waals surface area contributed by atoms with Gasteiger partial charge in [-0.05, 0) is 57.7 Å². The molecule has 0 aliphatic carbocycles. The van der Waals surface area contributed by atoms with E-state index in [0.717, 1.165) is 18.4 Å². The summed E-state index contributed by atoms with van der Waals surface area (Å²) < 4.78 is 11.4. The van der Waals surface area contributed by atoms with E-state index in [4.69, 9.17) is 9.47 Å². The van der Waals surface area contributed by atoms with Crippen LogP contribution in [0.2, 0.25) is 0 Å². The van der Waals surface area contributed by atoms with Crippen LogP contribution in [0.3, 0.4) is 0 Å². The molecule has 0 aromatic heterocycles. The summed E-state index contributed by atoms with van der Waals surface area (Å²) >= 11 is 0. The largest absolute Gasteiger partial charge is 0.508 e. The minimum atomic E-state index is -1.44. The summed E-state index contributed by atoms with van der Waals surface area (Å²) in [5.74, 6) is -0.143. The Morgan fingerprint density at radius 2 is 1.81 bits per heavy atom. The molecule has 2 atom stereocenters. The molecule has 0 fully saturated rings. The molecule has 3 N–H and O–H groups in total. The SMILES string of the molecule is COc1c(CC=C(C)CCC=C(C)C)c(O)cc2c1C(=O)[C@H](O)[C@@H](c1ccc(O)cc1)O2. The summed E-state index contributed by atoms with van der Waals surface area (Å²) in [4.78, 5) is 13.1. The Labute approximate surface area is 188 Å². The maximum absolute atomic E-state index is 13.1. The third-order valence-electron chi connectivity index (χ3n) is 5.55. The smallest absolute Gasteiger partial charge is 0.202 e. The van der Waals surface area contributed by atoms with Gasteiger partial charge in [-0.1, -0.05) is 35.4 Å². The van der Waals surface area contributed by atoms with Crippen LogP contribution >= 0.6 is 0 Å². The molecule has 0 bridgehead atoms. The molecule has 32 heavy (non-hydrogen) atoms. The first-order chi connectivity index (χ1) is 15.2. The summed E-state index contributed by atoms with van der Waals surface area (Å²) in [5.41, 5.74) is 3.57. The molecule has 0 amide bonds. The molecule has 0 saturated heterocycles. The monoisotopic (exact) mass is 438 g/mol. The first-order valence-corrected chi connectivity index (χ1v) is 10.6. The molecular weight excluding hydrogens is 408 g/mol. The average Bonchev–Trinajstić information content (AvgIpc) is 2.75. The van der Waals surface area contributed by atoms with Crippen molar-refractivity contribution < 1.29 is 29.6 Å². The van der Waals surface area contributed by atoms with Crippen LogP contribution in [0.4, 0.5) is 0 Å². The van der Waals surface area contributed by atoms with Crippen LogP contribution in [0.15, 0.2) is 53.6 Å². The molecule has 6 heteroatoms. The Kier molecular flexibility index (Phi) is 7.26. The zero-order chi connectivity index (χ0) is 23.4. The molecule has 6 nitrogen and oxygen atoms in total. The van der Waals surface area contributed by atoms with E-state index in [-0.39, 0.29) is 28.6 Å². The third-order valence-corrected chi connectivity index (χ3v) is 5.55. The fourth-order valence-electron chi connectivity index (χ4n) is 3.78. The standard InChI is InChI=1S/C26H30O6/c1-15(2)6-5-7-16(3)8-13-19-20(28)14-21-22(26(19)31-4)23(29)24(30)25(32-21)17-9-11-18(27)12-10-17/h6,8-12,14,24-25,27-28,30H,5,7,13H2,1-4H3/t24-,25+/m0/s1. The van der Waals surface area contributed by atoms with Crippen LogP contribution < -0.4 is 9.47 Å². The topological polar surface area (TPSA) is 96.2 Å². The second-order valence-electron chi connectivity index (χ2n) is 8.29. The number of aliphatic hydroxyl groups excluding tert-OH is 1. The Morgan fingerprint density at radius 1 is 1.12 bits per heavy atom. The lowest BCUT2D eigenvalue weighted by molar-refractivity contribution is 0.0210. The van der Waals surface area contributed by atoms with E-state index < -0.39 is 18.0 Å². The molecule has 1 aliphatic rings. The normalized spacial score (nSPS) is 18.0. The van der Waals surface area contributed by atoms with Crippen LogP contribution in [0, 0.1) is 0 Å². The Bertz CT molecular complexity index is 1040. The van der Waals surface area contributed by atoms with Gasteiger partial charge in [-0.3, -0.25) is 4.79 Å². The van der Waals surface area contributed by atoms with Crippen molar-refractivity contribution in [3.8, 4) is 23.0 Å². The van der Waals surface area contributed by atoms with Gasteiger partial charge in [-0.15, -0.1) is 0 Å². The minimum absolute atomic E-state index is 0.0393. The van der Waals surface area contributed by atoms with E-state index in [1.807, 2.05) is 13.0 Å². The number of carbonyl (C=O) groups is 1. The highest BCUT2D eigenvalue weighted by Gasteiger charge is 2.40. The van der Waals surface area contributed by atoms with Gasteiger partial charge in [0.25, 0.3) is 0 Å². The van der Waals surface area contributed by atoms with Gasteiger partial charge in [0.1, 0.15) is 28.6 Å². The van der Waals surface area contributed by atoms with Gasteiger partial charge in [-0.25, -0.2) is 0 Å². The second kappa shape index (κ2) is 9.92. The lowest BCUT2D eigenvalue weighted by atomic mass is 9.90. The number of aromatic hydroxyl groups is 2. The molecule has 0 spiro atoms. The fourth-order valence-corrected chi connectivity index (χ4v) is 3.78. The van der Waals surface area contributed by atoms with E-state index in [9.17, 15) is 20.1 Å². The summed E-state index contributed by atoms with van der Waals surface area (Å²) in [5, 5.41) is 30.9. The molecule has 170 valence electrons. The number of aliphatic hydroxyl groups is 1. The van der Waals surface area contributed by atoms with Gasteiger partial charge in [0.2, 0.25) is 5.78 Å². The van der Waals surface area contributed by atoms with Crippen LogP contribution in [0.25, 0.3) is 0 Å². The number of benzene rings is 2. The summed E-state index contributed by atoms with van der Waals surface area (Å²) in [6, 6.07) is 7.47. The quantitative estimate of drug-likeness (QED) is 0.526. The predicted octanol–water partition coefficient (Wildman–Crippen LogP) is 5.02. The van der Waals surface area contributed by atoms with Gasteiger partial charge in [0, 0.05) is 11.6 Å². The second-order valence-corrected chi connectivity index (χ2v) is 8.29. The maximum atomic E-state index is 13.1. The van der Waals surface area contributed by atoms with Crippen molar-refractivity contribution in [2.75, 3.05) is 7.11 Å². The summed E-state index contributed by atoms with van der Waals surface area (Å²) in [6.45, 7) is 6.16. The molecule has 1 heterocycles. The number of carbonyl (C=O) groups excluding carboxylic acids is 1.